The lowest BCUT2D eigenvalue weighted by Gasteiger charge is -2.34. The quantitative estimate of drug-likeness (QED) is 0.868. The molecule has 0 aromatic heterocycles. The minimum atomic E-state index is -1.03. The highest BCUT2D eigenvalue weighted by Crippen LogP contribution is 2.21. The number of aromatic carboxylic acids is 1. The third kappa shape index (κ3) is 4.13. The highest BCUT2D eigenvalue weighted by Gasteiger charge is 2.31. The second kappa shape index (κ2) is 7.95. The summed E-state index contributed by atoms with van der Waals surface area (Å²) in [7, 11) is 0. The summed E-state index contributed by atoms with van der Waals surface area (Å²) >= 11 is 0. The highest BCUT2D eigenvalue weighted by molar-refractivity contribution is 5.98. The molecule has 2 N–H and O–H groups in total. The molecule has 2 rings (SSSR count). The number of hydrogen-bond donors (Lipinski definition) is 2. The fourth-order valence-corrected chi connectivity index (χ4v) is 3.02. The Morgan fingerprint density at radius 1 is 1.29 bits per heavy atom. The Morgan fingerprint density at radius 2 is 2.04 bits per heavy atom. The number of amides is 2. The second-order valence-corrected chi connectivity index (χ2v) is 6.17. The van der Waals surface area contributed by atoms with Crippen molar-refractivity contribution < 1.29 is 19.5 Å². The number of aryl methyl sites for hydroxylation is 1. The van der Waals surface area contributed by atoms with Gasteiger partial charge in [0.05, 0.1) is 5.56 Å². The van der Waals surface area contributed by atoms with Crippen molar-refractivity contribution in [2.24, 2.45) is 0 Å². The maximum Gasteiger partial charge on any atom is 0.336 e. The molecule has 0 radical (unpaired) electrons. The zero-order chi connectivity index (χ0) is 17.7. The van der Waals surface area contributed by atoms with E-state index in [0.29, 0.717) is 30.6 Å². The van der Waals surface area contributed by atoms with Crippen molar-refractivity contribution in [1.82, 2.24) is 4.90 Å². The largest absolute Gasteiger partial charge is 0.478 e. The summed E-state index contributed by atoms with van der Waals surface area (Å²) in [4.78, 5) is 37.7. The van der Waals surface area contributed by atoms with E-state index >= 15 is 0 Å². The number of piperidine rings is 1. The normalized spacial score (nSPS) is 17.4. The third-order valence-corrected chi connectivity index (χ3v) is 4.33. The fraction of sp³-hybridized carbons (Fsp3) is 0.500. The van der Waals surface area contributed by atoms with Gasteiger partial charge in [-0.2, -0.15) is 0 Å². The molecule has 1 heterocycles. The molecule has 1 aromatic rings. The molecule has 0 aliphatic carbocycles. The van der Waals surface area contributed by atoms with Gasteiger partial charge in [-0.15, -0.1) is 0 Å². The summed E-state index contributed by atoms with van der Waals surface area (Å²) in [6.07, 6.45) is 3.65. The van der Waals surface area contributed by atoms with Crippen molar-refractivity contribution in [3.8, 4) is 0 Å². The lowest BCUT2D eigenvalue weighted by Crippen LogP contribution is -2.49. The monoisotopic (exact) mass is 332 g/mol. The molecule has 0 spiro atoms. The number of carbonyl (C=O) groups excluding carboxylic acids is 2. The lowest BCUT2D eigenvalue weighted by molar-refractivity contribution is -0.140. The van der Waals surface area contributed by atoms with E-state index in [1.165, 1.54) is 6.07 Å². The van der Waals surface area contributed by atoms with E-state index in [1.807, 2.05) is 6.92 Å². The molecule has 1 saturated heterocycles. The number of anilines is 1. The molecule has 0 unspecified atom stereocenters. The third-order valence-electron chi connectivity index (χ3n) is 4.33. The predicted molar refractivity (Wildman–Crippen MR) is 91.0 cm³/mol. The molecule has 1 aliphatic rings. The molecule has 1 atom stereocenters. The number of nitrogens with one attached hydrogen (secondary N) is 1. The van der Waals surface area contributed by atoms with Crippen LogP contribution in [0.2, 0.25) is 0 Å². The molecule has 0 bridgehead atoms. The number of rotatable bonds is 5. The molecular formula is C18H24N2O4. The van der Waals surface area contributed by atoms with Crippen LogP contribution in [0.3, 0.4) is 0 Å². The van der Waals surface area contributed by atoms with Gasteiger partial charge in [-0.3, -0.25) is 9.59 Å². The van der Waals surface area contributed by atoms with Gasteiger partial charge in [0, 0.05) is 18.7 Å². The van der Waals surface area contributed by atoms with E-state index in [0.717, 1.165) is 19.3 Å². The molecule has 1 fully saturated rings. The van der Waals surface area contributed by atoms with Gasteiger partial charge in [0.15, 0.2) is 0 Å². The van der Waals surface area contributed by atoms with Crippen molar-refractivity contribution >= 4 is 23.5 Å². The Labute approximate surface area is 141 Å². The minimum Gasteiger partial charge on any atom is -0.478 e. The Balaban J connectivity index is 2.14. The maximum absolute atomic E-state index is 12.6. The van der Waals surface area contributed by atoms with E-state index in [-0.39, 0.29) is 17.4 Å². The van der Waals surface area contributed by atoms with Gasteiger partial charge in [-0.05, 0) is 50.3 Å². The second-order valence-electron chi connectivity index (χ2n) is 6.17. The predicted octanol–water partition coefficient (Wildman–Crippen LogP) is 2.81. The van der Waals surface area contributed by atoms with E-state index in [1.54, 1.807) is 24.0 Å². The Bertz CT molecular complexity index is 642. The Hall–Kier alpha value is -2.37. The van der Waals surface area contributed by atoms with Gasteiger partial charge in [0.1, 0.15) is 6.04 Å². The number of carboxylic acids is 1. The molecule has 24 heavy (non-hydrogen) atoms. The summed E-state index contributed by atoms with van der Waals surface area (Å²) in [5.74, 6) is -1.27. The molecule has 1 aliphatic heterocycles. The molecule has 0 saturated carbocycles. The standard InChI is InChI=1S/C18H24N2O4/c1-3-6-16(21)20-10-5-4-7-15(20)17(22)19-13-9-8-12(2)14(11-13)18(23)24/h8-9,11,15H,3-7,10H2,1-2H3,(H,19,22)(H,23,24)/t15-/m1/s1. The van der Waals surface area contributed by atoms with Crippen molar-refractivity contribution in [3.05, 3.63) is 29.3 Å². The topological polar surface area (TPSA) is 86.7 Å². The van der Waals surface area contributed by atoms with Gasteiger partial charge in [0.25, 0.3) is 0 Å². The molecule has 1 aromatic carbocycles. The molecule has 2 amide bonds. The SMILES string of the molecule is CCCC(=O)N1CCCC[C@@H]1C(=O)Nc1ccc(C)c(C(=O)O)c1. The van der Waals surface area contributed by atoms with Crippen LogP contribution in [-0.4, -0.2) is 40.4 Å². The number of likely N-dealkylation sites (tertiary alicyclic amines) is 1. The first-order chi connectivity index (χ1) is 11.4. The summed E-state index contributed by atoms with van der Waals surface area (Å²) in [5.41, 5.74) is 1.24. The zero-order valence-corrected chi connectivity index (χ0v) is 14.2. The van der Waals surface area contributed by atoms with Crippen LogP contribution in [0.25, 0.3) is 0 Å². The van der Waals surface area contributed by atoms with Gasteiger partial charge in [0.2, 0.25) is 11.8 Å². The van der Waals surface area contributed by atoms with E-state index in [9.17, 15) is 19.5 Å². The molecule has 130 valence electrons. The van der Waals surface area contributed by atoms with Crippen LogP contribution in [0.15, 0.2) is 18.2 Å². The summed E-state index contributed by atoms with van der Waals surface area (Å²) in [6.45, 7) is 4.25. The smallest absolute Gasteiger partial charge is 0.336 e. The minimum absolute atomic E-state index is 0.00693. The first-order valence-corrected chi connectivity index (χ1v) is 8.38. The summed E-state index contributed by atoms with van der Waals surface area (Å²) < 4.78 is 0. The van der Waals surface area contributed by atoms with Crippen LogP contribution in [0.1, 0.15) is 54.9 Å². The number of nitrogens with zero attached hydrogens (tertiary/aromatic N) is 1. The summed E-state index contributed by atoms with van der Waals surface area (Å²) in [5, 5.41) is 11.9. The maximum atomic E-state index is 12.6. The number of carboxylic acid groups (broad SMARTS) is 1. The van der Waals surface area contributed by atoms with Gasteiger partial charge >= 0.3 is 5.97 Å². The fourth-order valence-electron chi connectivity index (χ4n) is 3.02. The van der Waals surface area contributed by atoms with Crippen LogP contribution in [-0.2, 0) is 9.59 Å². The lowest BCUT2D eigenvalue weighted by atomic mass is 10.00. The van der Waals surface area contributed by atoms with Crippen LogP contribution < -0.4 is 5.32 Å². The van der Waals surface area contributed by atoms with Crippen LogP contribution in [0.4, 0.5) is 5.69 Å². The van der Waals surface area contributed by atoms with Crippen LogP contribution in [0.5, 0.6) is 0 Å². The van der Waals surface area contributed by atoms with Gasteiger partial charge in [-0.25, -0.2) is 4.79 Å². The van der Waals surface area contributed by atoms with E-state index < -0.39 is 12.0 Å². The first kappa shape index (κ1) is 18.0. The number of benzene rings is 1. The summed E-state index contributed by atoms with van der Waals surface area (Å²) in [6, 6.07) is 4.32. The molecule has 6 nitrogen and oxygen atoms in total. The first-order valence-electron chi connectivity index (χ1n) is 8.38. The average Bonchev–Trinajstić information content (AvgIpc) is 2.56. The van der Waals surface area contributed by atoms with E-state index in [4.69, 9.17) is 0 Å². The van der Waals surface area contributed by atoms with Crippen LogP contribution in [0, 0.1) is 6.92 Å². The Kier molecular flexibility index (Phi) is 5.95. The Morgan fingerprint density at radius 3 is 2.71 bits per heavy atom. The highest BCUT2D eigenvalue weighted by atomic mass is 16.4. The van der Waals surface area contributed by atoms with Gasteiger partial charge < -0.3 is 15.3 Å². The van der Waals surface area contributed by atoms with Gasteiger partial charge in [-0.1, -0.05) is 13.0 Å². The average molecular weight is 332 g/mol. The van der Waals surface area contributed by atoms with E-state index in [2.05, 4.69) is 5.32 Å². The van der Waals surface area contributed by atoms with Crippen molar-refractivity contribution in [3.63, 3.8) is 0 Å². The molecular weight excluding hydrogens is 308 g/mol. The molecule has 6 heteroatoms. The number of carbonyl (C=O) groups is 3. The van der Waals surface area contributed by atoms with Crippen molar-refractivity contribution in [2.75, 3.05) is 11.9 Å². The van der Waals surface area contributed by atoms with Crippen LogP contribution >= 0.6 is 0 Å². The number of hydrogen-bond acceptors (Lipinski definition) is 3. The van der Waals surface area contributed by atoms with Crippen molar-refractivity contribution in [1.29, 1.82) is 0 Å². The zero-order valence-electron chi connectivity index (χ0n) is 14.2. The van der Waals surface area contributed by atoms with Crippen molar-refractivity contribution in [2.45, 2.75) is 52.0 Å².